The van der Waals surface area contributed by atoms with Crippen LogP contribution in [0.4, 0.5) is 0 Å². The molecule has 1 aliphatic carbocycles. The molecule has 3 heteroatoms. The van der Waals surface area contributed by atoms with Crippen molar-refractivity contribution in [3.05, 3.63) is 64.5 Å². The minimum atomic E-state index is 0.781. The van der Waals surface area contributed by atoms with Crippen LogP contribution in [0.15, 0.2) is 53.9 Å². The van der Waals surface area contributed by atoms with Gasteiger partial charge in [0.1, 0.15) is 0 Å². The molecule has 0 aromatic heterocycles. The molecule has 2 aliphatic heterocycles. The van der Waals surface area contributed by atoms with Crippen molar-refractivity contribution in [1.29, 1.82) is 0 Å². The molecule has 0 unspecified atom stereocenters. The van der Waals surface area contributed by atoms with Crippen LogP contribution < -0.4 is 5.32 Å². The van der Waals surface area contributed by atoms with Crippen molar-refractivity contribution in [3.63, 3.8) is 0 Å². The predicted molar refractivity (Wildman–Crippen MR) is 97.1 cm³/mol. The third-order valence-electron chi connectivity index (χ3n) is 5.31. The Morgan fingerprint density at radius 2 is 2.17 bits per heavy atom. The first-order valence-corrected chi connectivity index (χ1v) is 8.97. The van der Waals surface area contributed by atoms with Gasteiger partial charge in [0.05, 0.1) is 0 Å². The molecule has 0 spiro atoms. The predicted octanol–water partition coefficient (Wildman–Crippen LogP) is 4.60. The Morgan fingerprint density at radius 3 is 2.91 bits per heavy atom. The maximum absolute atomic E-state index is 6.21. The molecule has 1 N–H and O–H groups in total. The number of hydrogen-bond acceptors (Lipinski definition) is 2. The van der Waals surface area contributed by atoms with Crippen LogP contribution in [0.2, 0.25) is 5.02 Å². The maximum Gasteiger partial charge on any atom is 0.0415 e. The third kappa shape index (κ3) is 2.86. The van der Waals surface area contributed by atoms with Gasteiger partial charge in [-0.3, -0.25) is 0 Å². The number of benzene rings is 1. The zero-order valence-electron chi connectivity index (χ0n) is 13.4. The van der Waals surface area contributed by atoms with Gasteiger partial charge < -0.3 is 10.2 Å². The van der Waals surface area contributed by atoms with Crippen LogP contribution in [0.25, 0.3) is 5.57 Å². The van der Waals surface area contributed by atoms with Gasteiger partial charge in [-0.15, -0.1) is 0 Å². The fourth-order valence-electron chi connectivity index (χ4n) is 3.76. The van der Waals surface area contributed by atoms with E-state index in [0.717, 1.165) is 42.7 Å². The molecule has 1 aromatic rings. The highest BCUT2D eigenvalue weighted by Crippen LogP contribution is 2.39. The number of nitrogens with one attached hydrogen (secondary N) is 1. The molecule has 1 saturated carbocycles. The van der Waals surface area contributed by atoms with Gasteiger partial charge in [0, 0.05) is 48.0 Å². The highest BCUT2D eigenvalue weighted by molar-refractivity contribution is 6.30. The molecule has 2 nitrogen and oxygen atoms in total. The van der Waals surface area contributed by atoms with Gasteiger partial charge >= 0.3 is 0 Å². The van der Waals surface area contributed by atoms with Crippen molar-refractivity contribution >= 4 is 17.2 Å². The zero-order chi connectivity index (χ0) is 15.8. The number of nitrogens with zero attached hydrogens (tertiary/aromatic N) is 1. The lowest BCUT2D eigenvalue weighted by atomic mass is 9.83. The molecule has 3 aliphatic rings. The second-order valence-electron chi connectivity index (χ2n) is 6.82. The molecule has 23 heavy (non-hydrogen) atoms. The second kappa shape index (κ2) is 6.18. The zero-order valence-corrected chi connectivity index (χ0v) is 14.2. The van der Waals surface area contributed by atoms with E-state index >= 15 is 0 Å². The second-order valence-corrected chi connectivity index (χ2v) is 7.26. The van der Waals surface area contributed by atoms with Gasteiger partial charge in [0.15, 0.2) is 0 Å². The Hall–Kier alpha value is -1.51. The van der Waals surface area contributed by atoms with E-state index in [1.807, 2.05) is 18.2 Å². The van der Waals surface area contributed by atoms with Crippen molar-refractivity contribution in [3.8, 4) is 0 Å². The van der Waals surface area contributed by atoms with E-state index in [4.69, 9.17) is 11.6 Å². The molecule has 0 atom stereocenters. The summed E-state index contributed by atoms with van der Waals surface area (Å²) in [5.74, 6) is 0.828. The lowest BCUT2D eigenvalue weighted by Crippen LogP contribution is -2.38. The van der Waals surface area contributed by atoms with Crippen molar-refractivity contribution < 1.29 is 0 Å². The van der Waals surface area contributed by atoms with Crippen molar-refractivity contribution in [1.82, 2.24) is 10.2 Å². The van der Waals surface area contributed by atoms with E-state index in [9.17, 15) is 0 Å². The summed E-state index contributed by atoms with van der Waals surface area (Å²) in [7, 11) is 0. The lowest BCUT2D eigenvalue weighted by Gasteiger charge is -2.41. The maximum atomic E-state index is 6.21. The molecule has 0 radical (unpaired) electrons. The van der Waals surface area contributed by atoms with E-state index in [0.29, 0.717) is 0 Å². The molecule has 0 bridgehead atoms. The SMILES string of the molecule is C=C1C(c2cccc(Cl)c2)=CC2=C(CCNC2)N1CC1CCC1. The number of allylic oxidation sites excluding steroid dienone is 1. The summed E-state index contributed by atoms with van der Waals surface area (Å²) in [5, 5.41) is 4.28. The Bertz CT molecular complexity index is 697. The molecule has 1 aromatic carbocycles. The van der Waals surface area contributed by atoms with Gasteiger partial charge in [-0.05, 0) is 48.1 Å². The summed E-state index contributed by atoms with van der Waals surface area (Å²) < 4.78 is 0. The van der Waals surface area contributed by atoms with E-state index in [1.165, 1.54) is 41.7 Å². The fourth-order valence-corrected chi connectivity index (χ4v) is 3.95. The normalized spacial score (nSPS) is 21.9. The molecule has 4 rings (SSSR count). The lowest BCUT2D eigenvalue weighted by molar-refractivity contribution is 0.236. The number of hydrogen-bond donors (Lipinski definition) is 1. The molecule has 2 heterocycles. The first-order chi connectivity index (χ1) is 11.2. The fraction of sp³-hybridized carbons (Fsp3) is 0.400. The topological polar surface area (TPSA) is 15.3 Å². The van der Waals surface area contributed by atoms with Gasteiger partial charge in [-0.1, -0.05) is 36.7 Å². The van der Waals surface area contributed by atoms with Crippen molar-refractivity contribution in [2.75, 3.05) is 19.6 Å². The summed E-state index contributed by atoms with van der Waals surface area (Å²) in [6, 6.07) is 8.12. The monoisotopic (exact) mass is 326 g/mol. The Balaban J connectivity index is 1.72. The third-order valence-corrected chi connectivity index (χ3v) is 5.54. The summed E-state index contributed by atoms with van der Waals surface area (Å²) in [6.07, 6.45) is 7.52. The van der Waals surface area contributed by atoms with Gasteiger partial charge in [0.25, 0.3) is 0 Å². The highest BCUT2D eigenvalue weighted by atomic mass is 35.5. The molecule has 0 saturated heterocycles. The molecule has 120 valence electrons. The van der Waals surface area contributed by atoms with Crippen LogP contribution in [0.5, 0.6) is 0 Å². The quantitative estimate of drug-likeness (QED) is 0.873. The van der Waals surface area contributed by atoms with Gasteiger partial charge in [-0.25, -0.2) is 0 Å². The van der Waals surface area contributed by atoms with Crippen LogP contribution in [-0.2, 0) is 0 Å². The van der Waals surface area contributed by atoms with E-state index in [-0.39, 0.29) is 0 Å². The largest absolute Gasteiger partial charge is 0.344 e. The summed E-state index contributed by atoms with van der Waals surface area (Å²) in [6.45, 7) is 7.58. The first-order valence-electron chi connectivity index (χ1n) is 8.59. The van der Waals surface area contributed by atoms with E-state index in [2.05, 4.69) is 28.9 Å². The summed E-state index contributed by atoms with van der Waals surface area (Å²) in [5.41, 5.74) is 6.41. The smallest absolute Gasteiger partial charge is 0.0415 e. The molecular weight excluding hydrogens is 304 g/mol. The summed E-state index contributed by atoms with van der Waals surface area (Å²) >= 11 is 6.21. The van der Waals surface area contributed by atoms with E-state index < -0.39 is 0 Å². The van der Waals surface area contributed by atoms with Crippen LogP contribution in [0.1, 0.15) is 31.2 Å². The Labute approximate surface area is 143 Å². The first kappa shape index (κ1) is 15.0. The average Bonchev–Trinajstić information content (AvgIpc) is 2.52. The molecule has 0 amide bonds. The standard InChI is InChI=1S/C20H23ClN2/c1-14-19(16-6-3-7-18(21)10-16)11-17-12-22-9-8-20(17)23(14)13-15-4-2-5-15/h3,6-7,10-11,15,22H,1-2,4-5,8-9,12-13H2. The highest BCUT2D eigenvalue weighted by Gasteiger charge is 2.30. The Kier molecular flexibility index (Phi) is 4.04. The van der Waals surface area contributed by atoms with Crippen LogP contribution in [-0.4, -0.2) is 24.5 Å². The van der Waals surface area contributed by atoms with Crippen LogP contribution >= 0.6 is 11.6 Å². The summed E-state index contributed by atoms with van der Waals surface area (Å²) in [4.78, 5) is 2.50. The Morgan fingerprint density at radius 1 is 1.30 bits per heavy atom. The number of halogens is 1. The van der Waals surface area contributed by atoms with Crippen LogP contribution in [0, 0.1) is 5.92 Å². The number of rotatable bonds is 3. The van der Waals surface area contributed by atoms with Gasteiger partial charge in [-0.2, -0.15) is 0 Å². The van der Waals surface area contributed by atoms with Gasteiger partial charge in [0.2, 0.25) is 0 Å². The van der Waals surface area contributed by atoms with Crippen LogP contribution in [0.3, 0.4) is 0 Å². The van der Waals surface area contributed by atoms with Crippen molar-refractivity contribution in [2.24, 2.45) is 5.92 Å². The van der Waals surface area contributed by atoms with Crippen molar-refractivity contribution in [2.45, 2.75) is 25.7 Å². The molecule has 1 fully saturated rings. The minimum Gasteiger partial charge on any atom is -0.344 e. The minimum absolute atomic E-state index is 0.781. The molecular formula is C20H23ClN2. The van der Waals surface area contributed by atoms with E-state index in [1.54, 1.807) is 0 Å². The average molecular weight is 327 g/mol.